The van der Waals surface area contributed by atoms with Crippen LogP contribution >= 0.6 is 11.3 Å². The third kappa shape index (κ3) is 5.17. The van der Waals surface area contributed by atoms with E-state index in [2.05, 4.69) is 20.4 Å². The van der Waals surface area contributed by atoms with E-state index in [1.807, 2.05) is 30.5 Å². The molecular weight excluding hydrogens is 492 g/mol. The van der Waals surface area contributed by atoms with Crippen LogP contribution in [0.2, 0.25) is 0 Å². The molecule has 10 nitrogen and oxygen atoms in total. The molecule has 1 fully saturated rings. The Morgan fingerprint density at radius 2 is 2.08 bits per heavy atom. The van der Waals surface area contributed by atoms with Gasteiger partial charge in [-0.2, -0.15) is 9.78 Å². The lowest BCUT2D eigenvalue weighted by atomic mass is 10.1. The first-order valence-corrected chi connectivity index (χ1v) is 12.8. The summed E-state index contributed by atoms with van der Waals surface area (Å²) in [6, 6.07) is 14.2. The van der Waals surface area contributed by atoms with Gasteiger partial charge in [0.15, 0.2) is 0 Å². The van der Waals surface area contributed by atoms with Crippen molar-refractivity contribution in [2.75, 3.05) is 23.9 Å². The first-order chi connectivity index (χ1) is 17.9. The number of thiophene rings is 1. The molecule has 37 heavy (non-hydrogen) atoms. The standard InChI is InChI=1S/C26H26N6O4S/c1-3-6-17-12-23(33)29-26(27-17)32-22(14-20(30-32)21-9-5-10-37-21)28-25(35)16-11-24(34)31(15-16)18-7-4-8-19(13-18)36-2/h4-5,7-10,12-14,16H,3,6,11,15H2,1-2H3,(H,28,35)(H,27,29,33). The maximum atomic E-state index is 13.3. The fourth-order valence-electron chi connectivity index (χ4n) is 4.29. The molecule has 11 heteroatoms. The second kappa shape index (κ2) is 10.4. The maximum absolute atomic E-state index is 13.3. The van der Waals surface area contributed by atoms with Gasteiger partial charge in [-0.1, -0.05) is 25.5 Å². The Balaban J connectivity index is 1.43. The number of rotatable bonds is 8. The number of nitrogens with one attached hydrogen (secondary N) is 2. The number of carbonyl (C=O) groups is 2. The lowest BCUT2D eigenvalue weighted by molar-refractivity contribution is -0.122. The molecule has 3 aromatic heterocycles. The highest BCUT2D eigenvalue weighted by molar-refractivity contribution is 7.13. The monoisotopic (exact) mass is 518 g/mol. The summed E-state index contributed by atoms with van der Waals surface area (Å²) in [6.07, 6.45) is 1.55. The molecule has 190 valence electrons. The second-order valence-electron chi connectivity index (χ2n) is 8.71. The highest BCUT2D eigenvalue weighted by Crippen LogP contribution is 2.30. The molecule has 0 aliphatic carbocycles. The van der Waals surface area contributed by atoms with Crippen LogP contribution in [0.4, 0.5) is 11.5 Å². The van der Waals surface area contributed by atoms with E-state index in [9.17, 15) is 14.4 Å². The zero-order valence-electron chi connectivity index (χ0n) is 20.4. The predicted molar refractivity (Wildman–Crippen MR) is 141 cm³/mol. The number of carbonyl (C=O) groups excluding carboxylic acids is 2. The number of hydrogen-bond acceptors (Lipinski definition) is 7. The lowest BCUT2D eigenvalue weighted by Crippen LogP contribution is -2.29. The summed E-state index contributed by atoms with van der Waals surface area (Å²) in [4.78, 5) is 48.2. The third-order valence-corrected chi connectivity index (χ3v) is 6.98. The number of ether oxygens (including phenoxy) is 1. The van der Waals surface area contributed by atoms with Crippen LogP contribution in [0.15, 0.2) is 58.7 Å². The van der Waals surface area contributed by atoms with Gasteiger partial charge in [-0.15, -0.1) is 11.3 Å². The molecule has 1 unspecified atom stereocenters. The molecule has 1 atom stereocenters. The van der Waals surface area contributed by atoms with Crippen molar-refractivity contribution in [2.24, 2.45) is 5.92 Å². The van der Waals surface area contributed by atoms with Crippen molar-refractivity contribution in [2.45, 2.75) is 26.2 Å². The fraction of sp³-hybridized carbons (Fsp3) is 0.269. The van der Waals surface area contributed by atoms with Gasteiger partial charge in [-0.3, -0.25) is 19.4 Å². The van der Waals surface area contributed by atoms with Gasteiger partial charge >= 0.3 is 0 Å². The normalized spacial score (nSPS) is 15.2. The molecule has 0 spiro atoms. The zero-order chi connectivity index (χ0) is 25.9. The summed E-state index contributed by atoms with van der Waals surface area (Å²) in [6.45, 7) is 2.25. The van der Waals surface area contributed by atoms with E-state index < -0.39 is 5.92 Å². The highest BCUT2D eigenvalue weighted by Gasteiger charge is 2.36. The van der Waals surface area contributed by atoms with Crippen LogP contribution in [-0.2, 0) is 16.0 Å². The molecule has 2 amide bonds. The van der Waals surface area contributed by atoms with Crippen molar-refractivity contribution < 1.29 is 14.3 Å². The number of aromatic amines is 1. The maximum Gasteiger partial charge on any atom is 0.252 e. The average Bonchev–Trinajstić information content (AvgIpc) is 3.64. The number of aryl methyl sites for hydroxylation is 1. The third-order valence-electron chi connectivity index (χ3n) is 6.08. The molecule has 2 N–H and O–H groups in total. The number of aromatic nitrogens is 4. The van der Waals surface area contributed by atoms with Gasteiger partial charge in [0.2, 0.25) is 17.8 Å². The summed E-state index contributed by atoms with van der Waals surface area (Å²) in [7, 11) is 1.56. The summed E-state index contributed by atoms with van der Waals surface area (Å²) in [5.41, 5.74) is 1.66. The van der Waals surface area contributed by atoms with Crippen molar-refractivity contribution in [1.29, 1.82) is 0 Å². The largest absolute Gasteiger partial charge is 0.497 e. The summed E-state index contributed by atoms with van der Waals surface area (Å²) >= 11 is 1.51. The molecular formula is C26H26N6O4S. The van der Waals surface area contributed by atoms with Crippen molar-refractivity contribution in [3.8, 4) is 22.3 Å². The van der Waals surface area contributed by atoms with E-state index in [4.69, 9.17) is 4.74 Å². The van der Waals surface area contributed by atoms with Gasteiger partial charge in [0.1, 0.15) is 17.3 Å². The van der Waals surface area contributed by atoms with Gasteiger partial charge in [-0.25, -0.2) is 4.98 Å². The highest BCUT2D eigenvalue weighted by atomic mass is 32.1. The Kier molecular flexibility index (Phi) is 6.87. The Morgan fingerprint density at radius 3 is 2.84 bits per heavy atom. The summed E-state index contributed by atoms with van der Waals surface area (Å²) in [5, 5.41) is 9.49. The quantitative estimate of drug-likeness (QED) is 0.367. The smallest absolute Gasteiger partial charge is 0.252 e. The van der Waals surface area contributed by atoms with E-state index in [0.29, 0.717) is 35.1 Å². The molecule has 5 rings (SSSR count). The van der Waals surface area contributed by atoms with Gasteiger partial charge in [0, 0.05) is 42.5 Å². The Bertz CT molecular complexity index is 1490. The number of amides is 2. The molecule has 0 bridgehead atoms. The molecule has 4 aromatic rings. The van der Waals surface area contributed by atoms with Crippen molar-refractivity contribution in [3.63, 3.8) is 0 Å². The van der Waals surface area contributed by atoms with Crippen molar-refractivity contribution in [3.05, 3.63) is 70.0 Å². The van der Waals surface area contributed by atoms with Crippen molar-refractivity contribution in [1.82, 2.24) is 19.7 Å². The van der Waals surface area contributed by atoms with Crippen LogP contribution in [-0.4, -0.2) is 45.2 Å². The number of H-pyrrole nitrogens is 1. The molecule has 4 heterocycles. The summed E-state index contributed by atoms with van der Waals surface area (Å²) in [5.74, 6) is 0.192. The Labute approximate surface area is 216 Å². The first-order valence-electron chi connectivity index (χ1n) is 11.9. The lowest BCUT2D eigenvalue weighted by Gasteiger charge is -2.17. The van der Waals surface area contributed by atoms with Crippen LogP contribution in [0.25, 0.3) is 16.5 Å². The fourth-order valence-corrected chi connectivity index (χ4v) is 4.98. The molecule has 0 saturated carbocycles. The second-order valence-corrected chi connectivity index (χ2v) is 9.66. The summed E-state index contributed by atoms with van der Waals surface area (Å²) < 4.78 is 6.70. The van der Waals surface area contributed by atoms with Crippen LogP contribution in [0.5, 0.6) is 5.75 Å². The van der Waals surface area contributed by atoms with Crippen LogP contribution < -0.4 is 20.5 Å². The van der Waals surface area contributed by atoms with E-state index in [-0.39, 0.29) is 36.3 Å². The van der Waals surface area contributed by atoms with Crippen LogP contribution in [0.3, 0.4) is 0 Å². The van der Waals surface area contributed by atoms with Crippen molar-refractivity contribution >= 4 is 34.7 Å². The van der Waals surface area contributed by atoms with Gasteiger partial charge in [0.05, 0.1) is 17.9 Å². The minimum atomic E-state index is -0.564. The molecule has 1 aromatic carbocycles. The first kappa shape index (κ1) is 24.4. The van der Waals surface area contributed by atoms with E-state index in [1.165, 1.54) is 22.1 Å². The number of methoxy groups -OCH3 is 1. The molecule has 1 aliphatic heterocycles. The average molecular weight is 519 g/mol. The van der Waals surface area contributed by atoms with Crippen LogP contribution in [0, 0.1) is 5.92 Å². The predicted octanol–water partition coefficient (Wildman–Crippen LogP) is 3.64. The van der Waals surface area contributed by atoms with Gasteiger partial charge in [0.25, 0.3) is 5.56 Å². The minimum Gasteiger partial charge on any atom is -0.497 e. The molecule has 1 aliphatic rings. The minimum absolute atomic E-state index is 0.0794. The van der Waals surface area contributed by atoms with Gasteiger partial charge in [-0.05, 0) is 30.0 Å². The van der Waals surface area contributed by atoms with E-state index in [0.717, 1.165) is 11.3 Å². The Morgan fingerprint density at radius 1 is 1.22 bits per heavy atom. The number of hydrogen-bond donors (Lipinski definition) is 2. The number of benzene rings is 1. The van der Waals surface area contributed by atoms with Crippen LogP contribution in [0.1, 0.15) is 25.5 Å². The Hall–Kier alpha value is -4.25. The molecule has 0 radical (unpaired) electrons. The van der Waals surface area contributed by atoms with E-state index in [1.54, 1.807) is 36.3 Å². The number of nitrogens with zero attached hydrogens (tertiary/aromatic N) is 4. The topological polar surface area (TPSA) is 122 Å². The zero-order valence-corrected chi connectivity index (χ0v) is 21.2. The number of anilines is 2. The van der Waals surface area contributed by atoms with Gasteiger partial charge < -0.3 is 15.0 Å². The van der Waals surface area contributed by atoms with E-state index >= 15 is 0 Å². The SMILES string of the molecule is CCCc1cc(=O)[nH]c(-n2nc(-c3cccs3)cc2NC(=O)C2CC(=O)N(c3cccc(OC)c3)C2)n1. The molecule has 1 saturated heterocycles.